The molecular weight excluding hydrogens is 350 g/mol. The standard InChI is InChI=1S/C23H37N3O2/c1-7-24-13-15-25(16-14-24)22(28)11-12-26(19(6)27)23-20(17(2)3)9-8-10-21(23)18(4)5/h8-10,17-18H,7,11-16H2,1-6H3. The topological polar surface area (TPSA) is 43.9 Å². The van der Waals surface area contributed by atoms with Gasteiger partial charge in [-0.05, 0) is 29.5 Å². The molecule has 0 N–H and O–H groups in total. The fraction of sp³-hybridized carbons (Fsp3) is 0.652. The molecule has 1 aromatic carbocycles. The van der Waals surface area contributed by atoms with Crippen molar-refractivity contribution in [2.75, 3.05) is 44.2 Å². The van der Waals surface area contributed by atoms with Crippen molar-refractivity contribution in [2.24, 2.45) is 0 Å². The molecule has 0 aromatic heterocycles. The third-order valence-electron chi connectivity index (χ3n) is 5.71. The summed E-state index contributed by atoms with van der Waals surface area (Å²) in [6, 6.07) is 6.28. The van der Waals surface area contributed by atoms with E-state index in [1.54, 1.807) is 6.92 Å². The van der Waals surface area contributed by atoms with Gasteiger partial charge in [0.05, 0.1) is 5.69 Å². The van der Waals surface area contributed by atoms with Crippen LogP contribution in [0, 0.1) is 0 Å². The lowest BCUT2D eigenvalue weighted by Crippen LogP contribution is -2.49. The molecule has 0 aliphatic carbocycles. The lowest BCUT2D eigenvalue weighted by atomic mass is 9.91. The van der Waals surface area contributed by atoms with Crippen LogP contribution in [-0.2, 0) is 9.59 Å². The van der Waals surface area contributed by atoms with Gasteiger partial charge < -0.3 is 14.7 Å². The molecule has 0 atom stereocenters. The number of benzene rings is 1. The van der Waals surface area contributed by atoms with Gasteiger partial charge in [-0.25, -0.2) is 0 Å². The van der Waals surface area contributed by atoms with Crippen molar-refractivity contribution in [2.45, 2.75) is 59.8 Å². The summed E-state index contributed by atoms with van der Waals surface area (Å²) in [6.45, 7) is 17.3. The van der Waals surface area contributed by atoms with E-state index in [9.17, 15) is 9.59 Å². The van der Waals surface area contributed by atoms with E-state index < -0.39 is 0 Å². The van der Waals surface area contributed by atoms with Gasteiger partial charge in [-0.2, -0.15) is 0 Å². The third kappa shape index (κ3) is 5.34. The maximum absolute atomic E-state index is 12.8. The number of para-hydroxylation sites is 1. The zero-order valence-electron chi connectivity index (χ0n) is 18.5. The molecule has 1 aliphatic heterocycles. The van der Waals surface area contributed by atoms with Crippen LogP contribution in [0.15, 0.2) is 18.2 Å². The molecule has 0 saturated carbocycles. The van der Waals surface area contributed by atoms with Crippen LogP contribution in [-0.4, -0.2) is 60.9 Å². The molecule has 156 valence electrons. The normalized spacial score (nSPS) is 15.4. The Morgan fingerprint density at radius 3 is 1.96 bits per heavy atom. The van der Waals surface area contributed by atoms with E-state index >= 15 is 0 Å². The van der Waals surface area contributed by atoms with E-state index in [4.69, 9.17) is 0 Å². The molecule has 0 radical (unpaired) electrons. The van der Waals surface area contributed by atoms with Crippen LogP contribution in [0.4, 0.5) is 5.69 Å². The van der Waals surface area contributed by atoms with Gasteiger partial charge in [-0.1, -0.05) is 52.8 Å². The molecule has 1 saturated heterocycles. The number of carbonyl (C=O) groups is 2. The lowest BCUT2D eigenvalue weighted by Gasteiger charge is -2.35. The van der Waals surface area contributed by atoms with Gasteiger partial charge in [-0.3, -0.25) is 9.59 Å². The summed E-state index contributed by atoms with van der Waals surface area (Å²) in [5.74, 6) is 0.774. The van der Waals surface area contributed by atoms with Gasteiger partial charge in [-0.15, -0.1) is 0 Å². The molecule has 1 aliphatic rings. The van der Waals surface area contributed by atoms with Gasteiger partial charge in [0.25, 0.3) is 0 Å². The first-order valence-corrected chi connectivity index (χ1v) is 10.7. The number of rotatable bonds is 7. The summed E-state index contributed by atoms with van der Waals surface area (Å²) in [6.07, 6.45) is 0.371. The van der Waals surface area contributed by atoms with Crippen LogP contribution in [0.5, 0.6) is 0 Å². The Morgan fingerprint density at radius 1 is 1.00 bits per heavy atom. The van der Waals surface area contributed by atoms with Crippen molar-refractivity contribution in [3.8, 4) is 0 Å². The zero-order valence-corrected chi connectivity index (χ0v) is 18.5. The predicted molar refractivity (Wildman–Crippen MR) is 116 cm³/mol. The summed E-state index contributed by atoms with van der Waals surface area (Å²) in [4.78, 5) is 31.4. The van der Waals surface area contributed by atoms with E-state index in [-0.39, 0.29) is 11.8 Å². The Bertz CT molecular complexity index is 650. The highest BCUT2D eigenvalue weighted by molar-refractivity contribution is 5.94. The molecule has 0 bridgehead atoms. The lowest BCUT2D eigenvalue weighted by molar-refractivity contribution is -0.132. The first kappa shape index (κ1) is 22.4. The second-order valence-corrected chi connectivity index (χ2v) is 8.33. The summed E-state index contributed by atoms with van der Waals surface area (Å²) >= 11 is 0. The minimum absolute atomic E-state index is 0.00129. The number of likely N-dealkylation sites (N-methyl/N-ethyl adjacent to an activating group) is 1. The van der Waals surface area contributed by atoms with E-state index in [2.05, 4.69) is 57.7 Å². The van der Waals surface area contributed by atoms with E-state index in [0.717, 1.165) is 38.4 Å². The van der Waals surface area contributed by atoms with E-state index in [0.29, 0.717) is 24.8 Å². The van der Waals surface area contributed by atoms with Gasteiger partial charge >= 0.3 is 0 Å². The maximum atomic E-state index is 12.8. The van der Waals surface area contributed by atoms with Crippen LogP contribution >= 0.6 is 0 Å². The predicted octanol–water partition coefficient (Wildman–Crippen LogP) is 3.84. The van der Waals surface area contributed by atoms with Crippen LogP contribution in [0.1, 0.15) is 70.9 Å². The molecule has 2 rings (SSSR count). The highest BCUT2D eigenvalue weighted by atomic mass is 16.2. The van der Waals surface area contributed by atoms with Crippen molar-refractivity contribution in [3.63, 3.8) is 0 Å². The fourth-order valence-electron chi connectivity index (χ4n) is 3.93. The first-order valence-electron chi connectivity index (χ1n) is 10.7. The minimum Gasteiger partial charge on any atom is -0.340 e. The summed E-state index contributed by atoms with van der Waals surface area (Å²) < 4.78 is 0. The monoisotopic (exact) mass is 387 g/mol. The Balaban J connectivity index is 2.18. The van der Waals surface area contributed by atoms with Crippen LogP contribution in [0.25, 0.3) is 0 Å². The van der Waals surface area contributed by atoms with E-state index in [1.807, 2.05) is 9.80 Å². The zero-order chi connectivity index (χ0) is 20.8. The smallest absolute Gasteiger partial charge is 0.224 e. The van der Waals surface area contributed by atoms with E-state index in [1.165, 1.54) is 11.1 Å². The number of nitrogens with zero attached hydrogens (tertiary/aromatic N) is 3. The Kier molecular flexibility index (Phi) is 8.05. The molecular formula is C23H37N3O2. The molecule has 1 fully saturated rings. The minimum atomic E-state index is -0.00129. The van der Waals surface area contributed by atoms with Crippen molar-refractivity contribution in [3.05, 3.63) is 29.3 Å². The maximum Gasteiger partial charge on any atom is 0.224 e. The molecule has 5 nitrogen and oxygen atoms in total. The van der Waals surface area contributed by atoms with Crippen molar-refractivity contribution in [1.29, 1.82) is 0 Å². The molecule has 28 heavy (non-hydrogen) atoms. The second kappa shape index (κ2) is 10.1. The molecule has 0 unspecified atom stereocenters. The van der Waals surface area contributed by atoms with Crippen molar-refractivity contribution >= 4 is 17.5 Å². The average molecular weight is 388 g/mol. The molecule has 0 spiro atoms. The molecule has 2 amide bonds. The Labute approximate surface area is 170 Å². The fourth-order valence-corrected chi connectivity index (χ4v) is 3.93. The highest BCUT2D eigenvalue weighted by Gasteiger charge is 2.25. The Hall–Kier alpha value is -1.88. The molecule has 1 heterocycles. The van der Waals surface area contributed by atoms with Crippen LogP contribution in [0.2, 0.25) is 0 Å². The summed E-state index contributed by atoms with van der Waals surface area (Å²) in [5, 5.41) is 0. The van der Waals surface area contributed by atoms with Crippen molar-refractivity contribution in [1.82, 2.24) is 9.80 Å². The number of carbonyl (C=O) groups excluding carboxylic acids is 2. The second-order valence-electron chi connectivity index (χ2n) is 8.33. The number of amides is 2. The van der Waals surface area contributed by atoms with Gasteiger partial charge in [0.1, 0.15) is 0 Å². The largest absolute Gasteiger partial charge is 0.340 e. The average Bonchev–Trinajstić information content (AvgIpc) is 2.67. The van der Waals surface area contributed by atoms with Gasteiger partial charge in [0.15, 0.2) is 0 Å². The first-order chi connectivity index (χ1) is 13.3. The summed E-state index contributed by atoms with van der Waals surface area (Å²) in [5.41, 5.74) is 3.35. The SMILES string of the molecule is CCN1CCN(C(=O)CCN(C(C)=O)c2c(C(C)C)cccc2C(C)C)CC1. The highest BCUT2D eigenvalue weighted by Crippen LogP contribution is 2.35. The summed E-state index contributed by atoms with van der Waals surface area (Å²) in [7, 11) is 0. The van der Waals surface area contributed by atoms with Crippen LogP contribution in [0.3, 0.4) is 0 Å². The molecule has 1 aromatic rings. The Morgan fingerprint density at radius 2 is 1.54 bits per heavy atom. The van der Waals surface area contributed by atoms with Gasteiger partial charge in [0.2, 0.25) is 11.8 Å². The quantitative estimate of drug-likeness (QED) is 0.714. The number of hydrogen-bond acceptors (Lipinski definition) is 3. The van der Waals surface area contributed by atoms with Crippen LogP contribution < -0.4 is 4.90 Å². The number of piperazine rings is 1. The van der Waals surface area contributed by atoms with Gasteiger partial charge in [0, 0.05) is 46.1 Å². The molecule has 5 heteroatoms. The van der Waals surface area contributed by atoms with Crippen molar-refractivity contribution < 1.29 is 9.59 Å². The number of anilines is 1. The third-order valence-corrected chi connectivity index (χ3v) is 5.71. The number of hydrogen-bond donors (Lipinski definition) is 0.